The molecule has 6 rings (SSSR count). The molecule has 4 bridgehead atoms. The zero-order chi connectivity index (χ0) is 13.8. The number of piperidine rings is 1. The Balaban J connectivity index is 1.39. The van der Waals surface area contributed by atoms with Crippen molar-refractivity contribution < 1.29 is 4.52 Å². The standard InChI is InChI=1S/C17H25N3O/c1-2-4-18-14(3-1)16-19-17(21-20-16)15-12-6-10-5-11(8-12)9-13(15)7-10/h10-15,18H,1-9H2. The third-order valence-electron chi connectivity index (χ3n) is 6.59. The second-order valence-corrected chi connectivity index (χ2v) is 7.95. The van der Waals surface area contributed by atoms with Crippen molar-refractivity contribution in [3.8, 4) is 0 Å². The maximum Gasteiger partial charge on any atom is 0.230 e. The van der Waals surface area contributed by atoms with Gasteiger partial charge in [0.2, 0.25) is 5.89 Å². The quantitative estimate of drug-likeness (QED) is 0.905. The van der Waals surface area contributed by atoms with Crippen LogP contribution in [-0.2, 0) is 0 Å². The monoisotopic (exact) mass is 287 g/mol. The van der Waals surface area contributed by atoms with Crippen LogP contribution in [-0.4, -0.2) is 16.7 Å². The van der Waals surface area contributed by atoms with Crippen LogP contribution < -0.4 is 5.32 Å². The molecule has 0 aromatic carbocycles. The van der Waals surface area contributed by atoms with Gasteiger partial charge in [-0.15, -0.1) is 0 Å². The summed E-state index contributed by atoms with van der Waals surface area (Å²) in [4.78, 5) is 4.84. The summed E-state index contributed by atoms with van der Waals surface area (Å²) in [7, 11) is 0. The van der Waals surface area contributed by atoms with E-state index in [0.717, 1.165) is 48.4 Å². The topological polar surface area (TPSA) is 51.0 Å². The van der Waals surface area contributed by atoms with Gasteiger partial charge >= 0.3 is 0 Å². The fraction of sp³-hybridized carbons (Fsp3) is 0.882. The van der Waals surface area contributed by atoms with Crippen LogP contribution in [0.5, 0.6) is 0 Å². The maximum atomic E-state index is 5.74. The van der Waals surface area contributed by atoms with E-state index >= 15 is 0 Å². The number of hydrogen-bond acceptors (Lipinski definition) is 4. The van der Waals surface area contributed by atoms with Gasteiger partial charge in [0.05, 0.1) is 6.04 Å². The molecule has 114 valence electrons. The van der Waals surface area contributed by atoms with E-state index in [1.54, 1.807) is 0 Å². The van der Waals surface area contributed by atoms with Crippen molar-refractivity contribution in [1.82, 2.24) is 15.5 Å². The average Bonchev–Trinajstić information content (AvgIpc) is 2.97. The van der Waals surface area contributed by atoms with Crippen molar-refractivity contribution in [3.05, 3.63) is 11.7 Å². The van der Waals surface area contributed by atoms with Gasteiger partial charge in [-0.25, -0.2) is 0 Å². The molecule has 0 amide bonds. The minimum absolute atomic E-state index is 0.327. The van der Waals surface area contributed by atoms with E-state index in [-0.39, 0.29) is 0 Å². The van der Waals surface area contributed by atoms with Gasteiger partial charge in [-0.05, 0) is 75.2 Å². The van der Waals surface area contributed by atoms with Gasteiger partial charge in [0.15, 0.2) is 5.82 Å². The molecule has 5 aliphatic rings. The highest BCUT2D eigenvalue weighted by Gasteiger charge is 2.50. The Bertz CT molecular complexity index is 492. The molecule has 0 radical (unpaired) electrons. The number of aromatic nitrogens is 2. The summed E-state index contributed by atoms with van der Waals surface area (Å²) in [6.07, 6.45) is 10.9. The molecule has 1 aromatic rings. The number of hydrogen-bond donors (Lipinski definition) is 1. The summed E-state index contributed by atoms with van der Waals surface area (Å²) in [5.74, 6) is 6.12. The Labute approximate surface area is 126 Å². The molecular weight excluding hydrogens is 262 g/mol. The van der Waals surface area contributed by atoms with E-state index in [0.29, 0.717) is 12.0 Å². The second kappa shape index (κ2) is 4.80. The summed E-state index contributed by atoms with van der Waals surface area (Å²) in [6.45, 7) is 1.09. The highest BCUT2D eigenvalue weighted by Crippen LogP contribution is 2.59. The number of nitrogens with one attached hydrogen (secondary N) is 1. The molecule has 0 spiro atoms. The third kappa shape index (κ3) is 2.06. The lowest BCUT2D eigenvalue weighted by Gasteiger charge is -2.53. The molecule has 4 saturated carbocycles. The zero-order valence-corrected chi connectivity index (χ0v) is 12.6. The number of nitrogens with zero attached hydrogens (tertiary/aromatic N) is 2. The van der Waals surface area contributed by atoms with Crippen LogP contribution in [0.15, 0.2) is 4.52 Å². The summed E-state index contributed by atoms with van der Waals surface area (Å²) in [6, 6.07) is 0.327. The van der Waals surface area contributed by atoms with Crippen LogP contribution in [0.2, 0.25) is 0 Å². The molecule has 1 aliphatic heterocycles. The summed E-state index contributed by atoms with van der Waals surface area (Å²) >= 11 is 0. The van der Waals surface area contributed by atoms with E-state index in [1.807, 2.05) is 0 Å². The summed E-state index contributed by atoms with van der Waals surface area (Å²) in [5.41, 5.74) is 0. The maximum absolute atomic E-state index is 5.74. The smallest absolute Gasteiger partial charge is 0.230 e. The molecule has 4 nitrogen and oxygen atoms in total. The highest BCUT2D eigenvalue weighted by atomic mass is 16.5. The fourth-order valence-corrected chi connectivity index (χ4v) is 5.92. The molecule has 1 N–H and O–H groups in total. The minimum Gasteiger partial charge on any atom is -0.339 e. The lowest BCUT2D eigenvalue weighted by atomic mass is 9.52. The minimum atomic E-state index is 0.327. The van der Waals surface area contributed by atoms with Gasteiger partial charge in [0.25, 0.3) is 0 Å². The fourth-order valence-electron chi connectivity index (χ4n) is 5.92. The van der Waals surface area contributed by atoms with Crippen LogP contribution in [0.25, 0.3) is 0 Å². The molecule has 1 atom stereocenters. The summed E-state index contributed by atoms with van der Waals surface area (Å²) < 4.78 is 5.74. The van der Waals surface area contributed by atoms with Gasteiger partial charge in [-0.1, -0.05) is 11.6 Å². The van der Waals surface area contributed by atoms with Crippen molar-refractivity contribution in [3.63, 3.8) is 0 Å². The van der Waals surface area contributed by atoms with Crippen LogP contribution in [0, 0.1) is 23.7 Å². The predicted molar refractivity (Wildman–Crippen MR) is 78.7 cm³/mol. The molecule has 1 saturated heterocycles. The molecular formula is C17H25N3O. The van der Waals surface area contributed by atoms with Crippen molar-refractivity contribution in [2.24, 2.45) is 23.7 Å². The van der Waals surface area contributed by atoms with Gasteiger partial charge in [-0.2, -0.15) is 4.98 Å². The molecule has 2 heterocycles. The molecule has 4 aliphatic carbocycles. The Morgan fingerprint density at radius 3 is 2.38 bits per heavy atom. The lowest BCUT2D eigenvalue weighted by Crippen LogP contribution is -2.43. The highest BCUT2D eigenvalue weighted by molar-refractivity contribution is 5.10. The van der Waals surface area contributed by atoms with Gasteiger partial charge in [0, 0.05) is 5.92 Å². The first-order valence-corrected chi connectivity index (χ1v) is 8.93. The Hall–Kier alpha value is -0.900. The van der Waals surface area contributed by atoms with E-state index in [4.69, 9.17) is 9.51 Å². The Morgan fingerprint density at radius 1 is 0.952 bits per heavy atom. The van der Waals surface area contributed by atoms with Crippen LogP contribution in [0.1, 0.15) is 75.0 Å². The molecule has 1 unspecified atom stereocenters. The van der Waals surface area contributed by atoms with Crippen molar-refractivity contribution >= 4 is 0 Å². The molecule has 5 fully saturated rings. The largest absolute Gasteiger partial charge is 0.339 e. The van der Waals surface area contributed by atoms with Crippen molar-refractivity contribution in [1.29, 1.82) is 0 Å². The van der Waals surface area contributed by atoms with Crippen LogP contribution in [0.3, 0.4) is 0 Å². The van der Waals surface area contributed by atoms with Gasteiger partial charge in [0.1, 0.15) is 0 Å². The normalized spacial score (nSPS) is 45.1. The molecule has 21 heavy (non-hydrogen) atoms. The first kappa shape index (κ1) is 12.6. The van der Waals surface area contributed by atoms with Crippen LogP contribution in [0.4, 0.5) is 0 Å². The molecule has 1 aromatic heterocycles. The average molecular weight is 287 g/mol. The second-order valence-electron chi connectivity index (χ2n) is 7.95. The SMILES string of the molecule is C1CCC(c2noc(C3C4CC5CC(C4)CC3C5)n2)NC1. The zero-order valence-electron chi connectivity index (χ0n) is 12.6. The third-order valence-corrected chi connectivity index (χ3v) is 6.59. The van der Waals surface area contributed by atoms with Crippen molar-refractivity contribution in [2.75, 3.05) is 6.54 Å². The number of rotatable bonds is 2. The Kier molecular flexibility index (Phi) is 2.89. The van der Waals surface area contributed by atoms with Crippen molar-refractivity contribution in [2.45, 2.75) is 63.3 Å². The first-order valence-electron chi connectivity index (χ1n) is 8.93. The molecule has 4 heteroatoms. The van der Waals surface area contributed by atoms with E-state index in [9.17, 15) is 0 Å². The van der Waals surface area contributed by atoms with Gasteiger partial charge < -0.3 is 9.84 Å². The van der Waals surface area contributed by atoms with E-state index in [2.05, 4.69) is 10.5 Å². The van der Waals surface area contributed by atoms with E-state index < -0.39 is 0 Å². The van der Waals surface area contributed by atoms with E-state index in [1.165, 1.54) is 44.9 Å². The summed E-state index contributed by atoms with van der Waals surface area (Å²) in [5, 5.41) is 7.86. The lowest BCUT2D eigenvalue weighted by molar-refractivity contribution is -0.0131. The predicted octanol–water partition coefficient (Wildman–Crippen LogP) is 3.42. The first-order chi connectivity index (χ1) is 10.4. The van der Waals surface area contributed by atoms with Crippen LogP contribution >= 0.6 is 0 Å². The Morgan fingerprint density at radius 2 is 1.71 bits per heavy atom. The van der Waals surface area contributed by atoms with Gasteiger partial charge in [-0.3, -0.25) is 0 Å².